The molecule has 1 aromatic rings. The normalized spacial score (nSPS) is 20.4. The summed E-state index contributed by atoms with van der Waals surface area (Å²) in [5.41, 5.74) is 2.33. The van der Waals surface area contributed by atoms with Crippen LogP contribution in [0.25, 0.3) is 0 Å². The van der Waals surface area contributed by atoms with Gasteiger partial charge < -0.3 is 5.32 Å². The summed E-state index contributed by atoms with van der Waals surface area (Å²) in [7, 11) is 0. The number of halogens is 1. The molecule has 0 saturated heterocycles. The Morgan fingerprint density at radius 1 is 1.50 bits per heavy atom. The zero-order chi connectivity index (χ0) is 11.5. The van der Waals surface area contributed by atoms with Crippen molar-refractivity contribution in [2.75, 3.05) is 11.1 Å². The second kappa shape index (κ2) is 5.23. The number of hydrogen-bond acceptors (Lipinski definition) is 3. The molecule has 0 amide bonds. The van der Waals surface area contributed by atoms with Gasteiger partial charge in [0.15, 0.2) is 5.17 Å². The fraction of sp³-hybridized carbons (Fsp3) is 0.417. The third kappa shape index (κ3) is 2.80. The molecule has 2 rings (SSSR count). The van der Waals surface area contributed by atoms with Crippen molar-refractivity contribution in [1.29, 1.82) is 0 Å². The molecule has 0 saturated carbocycles. The van der Waals surface area contributed by atoms with Crippen LogP contribution in [-0.4, -0.2) is 17.0 Å². The molecule has 16 heavy (non-hydrogen) atoms. The van der Waals surface area contributed by atoms with E-state index in [4.69, 9.17) is 0 Å². The Bertz CT molecular complexity index is 417. The number of thioether (sulfide) groups is 1. The van der Waals surface area contributed by atoms with Gasteiger partial charge in [-0.25, -0.2) is 0 Å². The number of rotatable bonds is 1. The highest BCUT2D eigenvalue weighted by atomic mass is 79.9. The highest BCUT2D eigenvalue weighted by Crippen LogP contribution is 2.28. The maximum absolute atomic E-state index is 4.60. The number of nitrogens with zero attached hydrogens (tertiary/aromatic N) is 1. The van der Waals surface area contributed by atoms with E-state index in [0.717, 1.165) is 21.1 Å². The van der Waals surface area contributed by atoms with Crippen molar-refractivity contribution in [3.8, 4) is 0 Å². The largest absolute Gasteiger partial charge is 0.334 e. The molecule has 1 heterocycles. The lowest BCUT2D eigenvalue weighted by atomic mass is 10.2. The minimum absolute atomic E-state index is 0.437. The highest BCUT2D eigenvalue weighted by molar-refractivity contribution is 9.10. The molecule has 0 spiro atoms. The van der Waals surface area contributed by atoms with Gasteiger partial charge in [-0.1, -0.05) is 23.9 Å². The summed E-state index contributed by atoms with van der Waals surface area (Å²) in [4.78, 5) is 4.60. The van der Waals surface area contributed by atoms with Crippen molar-refractivity contribution in [1.82, 2.24) is 0 Å². The van der Waals surface area contributed by atoms with E-state index >= 15 is 0 Å². The van der Waals surface area contributed by atoms with Crippen LogP contribution in [0.1, 0.15) is 18.9 Å². The number of amidine groups is 1. The average Bonchev–Trinajstić information content (AvgIpc) is 2.25. The molecule has 0 radical (unpaired) electrons. The topological polar surface area (TPSA) is 24.4 Å². The van der Waals surface area contributed by atoms with Crippen molar-refractivity contribution in [3.05, 3.63) is 28.2 Å². The summed E-state index contributed by atoms with van der Waals surface area (Å²) >= 11 is 5.39. The quantitative estimate of drug-likeness (QED) is 0.846. The first-order valence-corrected chi connectivity index (χ1v) is 7.17. The number of anilines is 1. The predicted molar refractivity (Wildman–Crippen MR) is 76.5 cm³/mol. The van der Waals surface area contributed by atoms with E-state index in [2.05, 4.69) is 58.3 Å². The third-order valence-electron chi connectivity index (χ3n) is 2.55. The molecule has 1 aromatic carbocycles. The molecule has 1 unspecified atom stereocenters. The molecule has 1 atom stereocenters. The zero-order valence-corrected chi connectivity index (χ0v) is 11.9. The van der Waals surface area contributed by atoms with Crippen LogP contribution in [-0.2, 0) is 0 Å². The number of nitrogens with one attached hydrogen (secondary N) is 1. The van der Waals surface area contributed by atoms with Crippen LogP contribution in [0.5, 0.6) is 0 Å². The lowest BCUT2D eigenvalue weighted by Crippen LogP contribution is -2.18. The van der Waals surface area contributed by atoms with Crippen LogP contribution in [0.4, 0.5) is 5.69 Å². The molecule has 1 N–H and O–H groups in total. The molecule has 0 aromatic heterocycles. The molecule has 0 aliphatic carbocycles. The molecule has 1 aliphatic rings. The summed E-state index contributed by atoms with van der Waals surface area (Å²) in [5.74, 6) is 1.15. The van der Waals surface area contributed by atoms with Crippen LogP contribution in [0.3, 0.4) is 0 Å². The molecular weight excluding hydrogens is 284 g/mol. The number of aryl methyl sites for hydroxylation is 1. The van der Waals surface area contributed by atoms with E-state index in [-0.39, 0.29) is 0 Å². The summed E-state index contributed by atoms with van der Waals surface area (Å²) in [5, 5.41) is 4.42. The van der Waals surface area contributed by atoms with Crippen molar-refractivity contribution in [2.45, 2.75) is 26.3 Å². The molecular formula is C12H15BrN2S. The predicted octanol–water partition coefficient (Wildman–Crippen LogP) is 4.05. The molecule has 4 heteroatoms. The Balaban J connectivity index is 2.17. The summed E-state index contributed by atoms with van der Waals surface area (Å²) in [6.07, 6.45) is 1.17. The Labute approximate surface area is 109 Å². The summed E-state index contributed by atoms with van der Waals surface area (Å²) < 4.78 is 1.12. The number of benzene rings is 1. The van der Waals surface area contributed by atoms with Crippen molar-refractivity contribution in [3.63, 3.8) is 0 Å². The number of hydrogen-bond donors (Lipinski definition) is 1. The van der Waals surface area contributed by atoms with Gasteiger partial charge in [-0.15, -0.1) is 0 Å². The minimum Gasteiger partial charge on any atom is -0.334 e. The fourth-order valence-electron chi connectivity index (χ4n) is 1.56. The molecule has 0 bridgehead atoms. The Kier molecular flexibility index (Phi) is 3.92. The van der Waals surface area contributed by atoms with E-state index in [9.17, 15) is 0 Å². The lowest BCUT2D eigenvalue weighted by Gasteiger charge is -2.18. The van der Waals surface area contributed by atoms with Gasteiger partial charge in [0.1, 0.15) is 0 Å². The van der Waals surface area contributed by atoms with E-state index < -0.39 is 0 Å². The lowest BCUT2D eigenvalue weighted by molar-refractivity contribution is 0.720. The van der Waals surface area contributed by atoms with Crippen molar-refractivity contribution in [2.24, 2.45) is 4.99 Å². The van der Waals surface area contributed by atoms with Crippen LogP contribution in [0.15, 0.2) is 27.7 Å². The first kappa shape index (κ1) is 12.0. The van der Waals surface area contributed by atoms with Gasteiger partial charge in [0.05, 0.1) is 11.7 Å². The van der Waals surface area contributed by atoms with Gasteiger partial charge in [-0.3, -0.25) is 4.99 Å². The van der Waals surface area contributed by atoms with Crippen LogP contribution in [0.2, 0.25) is 0 Å². The maximum Gasteiger partial charge on any atom is 0.161 e. The van der Waals surface area contributed by atoms with Gasteiger partial charge in [0.2, 0.25) is 0 Å². The molecule has 86 valence electrons. The van der Waals surface area contributed by atoms with Gasteiger partial charge in [0.25, 0.3) is 0 Å². The molecule has 0 fully saturated rings. The Hall–Kier alpha value is -0.480. The second-order valence-corrected chi connectivity index (χ2v) is 5.86. The van der Waals surface area contributed by atoms with Gasteiger partial charge in [-0.2, -0.15) is 0 Å². The number of aliphatic imine (C=N–C) groups is 1. The zero-order valence-electron chi connectivity index (χ0n) is 9.46. The molecule has 1 aliphatic heterocycles. The van der Waals surface area contributed by atoms with Crippen molar-refractivity contribution < 1.29 is 0 Å². The van der Waals surface area contributed by atoms with Gasteiger partial charge in [-0.05, 0) is 47.8 Å². The summed E-state index contributed by atoms with van der Waals surface area (Å²) in [6, 6.07) is 6.65. The Morgan fingerprint density at radius 3 is 3.06 bits per heavy atom. The SMILES string of the molecule is Cc1cccc(NC2=NC(C)CCS2)c1Br. The van der Waals surface area contributed by atoms with Crippen LogP contribution in [0, 0.1) is 6.92 Å². The maximum atomic E-state index is 4.60. The monoisotopic (exact) mass is 298 g/mol. The highest BCUT2D eigenvalue weighted by Gasteiger charge is 2.12. The molecule has 2 nitrogen and oxygen atoms in total. The van der Waals surface area contributed by atoms with Crippen molar-refractivity contribution >= 4 is 38.5 Å². The van der Waals surface area contributed by atoms with Gasteiger partial charge >= 0.3 is 0 Å². The first-order valence-electron chi connectivity index (χ1n) is 5.39. The standard InChI is InChI=1S/C12H15BrN2S/c1-8-4-3-5-10(11(8)13)15-12-14-9(2)6-7-16-12/h3-5,9H,6-7H2,1-2H3,(H,14,15). The third-order valence-corrected chi connectivity index (χ3v) is 4.52. The van der Waals surface area contributed by atoms with E-state index in [1.165, 1.54) is 12.0 Å². The minimum atomic E-state index is 0.437. The van der Waals surface area contributed by atoms with E-state index in [0.29, 0.717) is 6.04 Å². The average molecular weight is 299 g/mol. The van der Waals surface area contributed by atoms with Gasteiger partial charge in [0, 0.05) is 10.2 Å². The van der Waals surface area contributed by atoms with E-state index in [1.807, 2.05) is 0 Å². The van der Waals surface area contributed by atoms with E-state index in [1.54, 1.807) is 11.8 Å². The summed E-state index contributed by atoms with van der Waals surface area (Å²) in [6.45, 7) is 4.25. The fourth-order valence-corrected chi connectivity index (χ4v) is 3.01. The first-order chi connectivity index (χ1) is 7.66. The second-order valence-electron chi connectivity index (χ2n) is 3.98. The smallest absolute Gasteiger partial charge is 0.161 e. The Morgan fingerprint density at radius 2 is 2.31 bits per heavy atom. The van der Waals surface area contributed by atoms with Crippen LogP contribution < -0.4 is 5.32 Å². The van der Waals surface area contributed by atoms with Crippen LogP contribution >= 0.6 is 27.7 Å².